The van der Waals surface area contributed by atoms with Crippen LogP contribution in [0.4, 0.5) is 0 Å². The summed E-state index contributed by atoms with van der Waals surface area (Å²) in [7, 11) is -3.64. The molecule has 0 aromatic heterocycles. The van der Waals surface area contributed by atoms with E-state index in [4.69, 9.17) is 0 Å². The molecule has 31 heavy (non-hydrogen) atoms. The summed E-state index contributed by atoms with van der Waals surface area (Å²) < 4.78 is 27.7. The van der Waals surface area contributed by atoms with Crippen LogP contribution in [0.15, 0.2) is 66.1 Å². The minimum Gasteiger partial charge on any atom is -0.349 e. The normalized spacial score (nSPS) is 15.7. The zero-order chi connectivity index (χ0) is 22.4. The topological polar surface area (TPSA) is 69.7 Å². The Kier molecular flexibility index (Phi) is 7.64. The molecular formula is C24H31N3O3S. The molecule has 1 amide bonds. The van der Waals surface area contributed by atoms with Gasteiger partial charge in [-0.3, -0.25) is 9.69 Å². The van der Waals surface area contributed by atoms with Crippen LogP contribution in [0.1, 0.15) is 41.3 Å². The highest BCUT2D eigenvalue weighted by Gasteiger charge is 2.29. The van der Waals surface area contributed by atoms with Crippen molar-refractivity contribution in [2.45, 2.75) is 31.2 Å². The van der Waals surface area contributed by atoms with Crippen molar-refractivity contribution in [3.05, 3.63) is 77.9 Å². The van der Waals surface area contributed by atoms with E-state index in [1.165, 1.54) is 21.5 Å². The maximum absolute atomic E-state index is 13.1. The van der Waals surface area contributed by atoms with Gasteiger partial charge in [-0.05, 0) is 35.2 Å². The highest BCUT2D eigenvalue weighted by Crippen LogP contribution is 2.20. The molecule has 0 atom stereocenters. The van der Waals surface area contributed by atoms with Gasteiger partial charge in [-0.25, -0.2) is 8.42 Å². The summed E-state index contributed by atoms with van der Waals surface area (Å²) in [5.74, 6) is 0.194. The molecule has 0 bridgehead atoms. The number of amides is 1. The van der Waals surface area contributed by atoms with E-state index in [-0.39, 0.29) is 10.8 Å². The van der Waals surface area contributed by atoms with Gasteiger partial charge in [0.05, 0.1) is 4.90 Å². The van der Waals surface area contributed by atoms with Gasteiger partial charge in [-0.1, -0.05) is 50.3 Å². The van der Waals surface area contributed by atoms with E-state index in [2.05, 4.69) is 54.9 Å². The predicted molar refractivity (Wildman–Crippen MR) is 124 cm³/mol. The fourth-order valence-corrected chi connectivity index (χ4v) is 5.08. The molecule has 6 nitrogen and oxygen atoms in total. The standard InChI is InChI=1S/C24H31N3O3S/c1-4-12-25-24(28)22-6-5-7-23(17-22)31(29,30)27-15-13-26(14-16-27)18-20-8-10-21(11-9-20)19(2)3/h4-11,17,19H,1,12-16,18H2,2-3H3,(H,25,28). The Balaban J connectivity index is 1.62. The van der Waals surface area contributed by atoms with Crippen molar-refractivity contribution in [1.29, 1.82) is 0 Å². The molecule has 1 heterocycles. The number of rotatable bonds is 8. The Morgan fingerprint density at radius 3 is 2.39 bits per heavy atom. The fraction of sp³-hybridized carbons (Fsp3) is 0.375. The second-order valence-corrected chi connectivity index (χ2v) is 10.0. The SMILES string of the molecule is C=CCNC(=O)c1cccc(S(=O)(=O)N2CCN(Cc3ccc(C(C)C)cc3)CC2)c1. The van der Waals surface area contributed by atoms with Gasteiger partial charge < -0.3 is 5.32 Å². The minimum atomic E-state index is -3.64. The van der Waals surface area contributed by atoms with Crippen LogP contribution < -0.4 is 5.32 Å². The Morgan fingerprint density at radius 2 is 1.77 bits per heavy atom. The van der Waals surface area contributed by atoms with Crippen LogP contribution in [0.25, 0.3) is 0 Å². The first-order valence-electron chi connectivity index (χ1n) is 10.6. The molecule has 7 heteroatoms. The van der Waals surface area contributed by atoms with Gasteiger partial charge in [0.2, 0.25) is 10.0 Å². The number of nitrogens with one attached hydrogen (secondary N) is 1. The monoisotopic (exact) mass is 441 g/mol. The molecule has 0 radical (unpaired) electrons. The molecule has 1 saturated heterocycles. The molecule has 166 valence electrons. The van der Waals surface area contributed by atoms with E-state index in [1.54, 1.807) is 24.3 Å². The summed E-state index contributed by atoms with van der Waals surface area (Å²) in [5.41, 5.74) is 2.88. The summed E-state index contributed by atoms with van der Waals surface area (Å²) in [5, 5.41) is 2.67. The first kappa shape index (κ1) is 23.2. The lowest BCUT2D eigenvalue weighted by molar-refractivity contribution is 0.0958. The van der Waals surface area contributed by atoms with E-state index in [0.717, 1.165) is 6.54 Å². The summed E-state index contributed by atoms with van der Waals surface area (Å²) in [6.07, 6.45) is 1.58. The number of carbonyl (C=O) groups is 1. The molecule has 0 saturated carbocycles. The van der Waals surface area contributed by atoms with Crippen LogP contribution in [0.2, 0.25) is 0 Å². The third kappa shape index (κ3) is 5.81. The number of hydrogen-bond acceptors (Lipinski definition) is 4. The van der Waals surface area contributed by atoms with Crippen molar-refractivity contribution in [3.63, 3.8) is 0 Å². The molecule has 0 spiro atoms. The lowest BCUT2D eigenvalue weighted by Gasteiger charge is -2.34. The summed E-state index contributed by atoms with van der Waals surface area (Å²) in [4.78, 5) is 14.6. The predicted octanol–water partition coefficient (Wildman–Crippen LogP) is 3.23. The molecule has 1 N–H and O–H groups in total. The average Bonchev–Trinajstić information content (AvgIpc) is 2.78. The molecular weight excluding hydrogens is 410 g/mol. The van der Waals surface area contributed by atoms with Gasteiger partial charge in [0.25, 0.3) is 5.91 Å². The number of nitrogens with zero attached hydrogens (tertiary/aromatic N) is 2. The van der Waals surface area contributed by atoms with Crippen molar-refractivity contribution in [2.75, 3.05) is 32.7 Å². The Labute approximate surface area is 185 Å². The highest BCUT2D eigenvalue weighted by atomic mass is 32.2. The first-order chi connectivity index (χ1) is 14.8. The van der Waals surface area contributed by atoms with Crippen LogP contribution >= 0.6 is 0 Å². The molecule has 1 aliphatic rings. The smallest absolute Gasteiger partial charge is 0.251 e. The van der Waals surface area contributed by atoms with Gasteiger partial charge in [0, 0.05) is 44.8 Å². The summed E-state index contributed by atoms with van der Waals surface area (Å²) in [6, 6.07) is 14.8. The van der Waals surface area contributed by atoms with Gasteiger partial charge in [0.15, 0.2) is 0 Å². The maximum Gasteiger partial charge on any atom is 0.251 e. The van der Waals surface area contributed by atoms with Crippen LogP contribution in [-0.2, 0) is 16.6 Å². The van der Waals surface area contributed by atoms with E-state index >= 15 is 0 Å². The number of sulfonamides is 1. The lowest BCUT2D eigenvalue weighted by atomic mass is 10.0. The van der Waals surface area contributed by atoms with E-state index < -0.39 is 10.0 Å². The largest absolute Gasteiger partial charge is 0.349 e. The van der Waals surface area contributed by atoms with Gasteiger partial charge in [0.1, 0.15) is 0 Å². The molecule has 3 rings (SSSR count). The Bertz CT molecular complexity index is 1010. The first-order valence-corrected chi connectivity index (χ1v) is 12.1. The van der Waals surface area contributed by atoms with Crippen molar-refractivity contribution in [2.24, 2.45) is 0 Å². The van der Waals surface area contributed by atoms with Crippen molar-refractivity contribution >= 4 is 15.9 Å². The van der Waals surface area contributed by atoms with Gasteiger partial charge in [-0.15, -0.1) is 6.58 Å². The Hall–Kier alpha value is -2.48. The lowest BCUT2D eigenvalue weighted by Crippen LogP contribution is -2.48. The number of benzene rings is 2. The van der Waals surface area contributed by atoms with Gasteiger partial charge in [-0.2, -0.15) is 4.31 Å². The average molecular weight is 442 g/mol. The molecule has 2 aromatic rings. The van der Waals surface area contributed by atoms with Crippen molar-refractivity contribution in [1.82, 2.24) is 14.5 Å². The van der Waals surface area contributed by atoms with E-state index in [0.29, 0.717) is 44.2 Å². The van der Waals surface area contributed by atoms with Crippen molar-refractivity contribution in [3.8, 4) is 0 Å². The number of piperazine rings is 1. The second-order valence-electron chi connectivity index (χ2n) is 8.10. The highest BCUT2D eigenvalue weighted by molar-refractivity contribution is 7.89. The zero-order valence-electron chi connectivity index (χ0n) is 18.3. The van der Waals surface area contributed by atoms with Crippen LogP contribution in [0.3, 0.4) is 0 Å². The molecule has 0 unspecified atom stereocenters. The second kappa shape index (κ2) is 10.2. The van der Waals surface area contributed by atoms with Gasteiger partial charge >= 0.3 is 0 Å². The van der Waals surface area contributed by atoms with Crippen molar-refractivity contribution < 1.29 is 13.2 Å². The van der Waals surface area contributed by atoms with Crippen LogP contribution in [0.5, 0.6) is 0 Å². The molecule has 1 fully saturated rings. The molecule has 2 aromatic carbocycles. The van der Waals surface area contributed by atoms with Crippen LogP contribution in [-0.4, -0.2) is 56.3 Å². The van der Waals surface area contributed by atoms with E-state index in [9.17, 15) is 13.2 Å². The number of hydrogen-bond donors (Lipinski definition) is 1. The zero-order valence-corrected chi connectivity index (χ0v) is 19.1. The van der Waals surface area contributed by atoms with Crippen LogP contribution in [0, 0.1) is 0 Å². The third-order valence-electron chi connectivity index (χ3n) is 5.52. The summed E-state index contributed by atoms with van der Waals surface area (Å²) >= 11 is 0. The minimum absolute atomic E-state index is 0.150. The Morgan fingerprint density at radius 1 is 1.10 bits per heavy atom. The number of carbonyl (C=O) groups excluding carboxylic acids is 1. The van der Waals surface area contributed by atoms with E-state index in [1.807, 2.05) is 0 Å². The third-order valence-corrected chi connectivity index (χ3v) is 7.42. The quantitative estimate of drug-likeness (QED) is 0.639. The fourth-order valence-electron chi connectivity index (χ4n) is 3.61. The molecule has 1 aliphatic heterocycles. The maximum atomic E-state index is 13.1. The molecule has 0 aliphatic carbocycles. The summed E-state index contributed by atoms with van der Waals surface area (Å²) in [6.45, 7) is 11.3.